The lowest BCUT2D eigenvalue weighted by Gasteiger charge is -2.31. The standard InChI is InChI=1S/C19H35N5OS/c1-4-17-15-22-18(26-17)6-9-21-19(20-5-2)23-14-16-7-10-24(11-8-16)12-13-25-3/h15-16H,4-14H2,1-3H3,(H2,20,21,23). The van der Waals surface area contributed by atoms with Crippen LogP contribution in [0, 0.1) is 5.92 Å². The van der Waals surface area contributed by atoms with Crippen LogP contribution < -0.4 is 10.6 Å². The molecule has 2 rings (SSSR count). The molecule has 0 spiro atoms. The summed E-state index contributed by atoms with van der Waals surface area (Å²) in [5.74, 6) is 1.62. The van der Waals surface area contributed by atoms with Crippen molar-refractivity contribution < 1.29 is 4.74 Å². The van der Waals surface area contributed by atoms with Gasteiger partial charge in [-0.15, -0.1) is 11.3 Å². The minimum Gasteiger partial charge on any atom is -0.383 e. The zero-order chi connectivity index (χ0) is 18.6. The van der Waals surface area contributed by atoms with E-state index in [1.165, 1.54) is 22.7 Å². The van der Waals surface area contributed by atoms with Crippen molar-refractivity contribution >= 4 is 17.3 Å². The van der Waals surface area contributed by atoms with E-state index in [-0.39, 0.29) is 0 Å². The molecule has 1 aromatic heterocycles. The second-order valence-corrected chi connectivity index (χ2v) is 7.95. The Labute approximate surface area is 162 Å². The number of nitrogens with one attached hydrogen (secondary N) is 2. The van der Waals surface area contributed by atoms with Crippen molar-refractivity contribution in [3.05, 3.63) is 16.1 Å². The summed E-state index contributed by atoms with van der Waals surface area (Å²) in [7, 11) is 1.77. The van der Waals surface area contributed by atoms with Crippen LogP contribution in [0.25, 0.3) is 0 Å². The highest BCUT2D eigenvalue weighted by Gasteiger charge is 2.18. The second-order valence-electron chi connectivity index (χ2n) is 6.75. The lowest BCUT2D eigenvalue weighted by atomic mass is 9.97. The Kier molecular flexibility index (Phi) is 9.95. The van der Waals surface area contributed by atoms with Crippen LogP contribution >= 0.6 is 11.3 Å². The van der Waals surface area contributed by atoms with Crippen molar-refractivity contribution in [3.8, 4) is 0 Å². The molecule has 6 nitrogen and oxygen atoms in total. The van der Waals surface area contributed by atoms with Crippen molar-refractivity contribution in [1.82, 2.24) is 20.5 Å². The number of likely N-dealkylation sites (tertiary alicyclic amines) is 1. The molecule has 7 heteroatoms. The lowest BCUT2D eigenvalue weighted by Crippen LogP contribution is -2.40. The molecule has 0 unspecified atom stereocenters. The van der Waals surface area contributed by atoms with Crippen LogP contribution in [0.2, 0.25) is 0 Å². The Morgan fingerprint density at radius 1 is 1.35 bits per heavy atom. The number of aryl methyl sites for hydroxylation is 1. The van der Waals surface area contributed by atoms with E-state index < -0.39 is 0 Å². The first kappa shape index (κ1) is 21.1. The van der Waals surface area contributed by atoms with Crippen LogP contribution in [0.1, 0.15) is 36.6 Å². The SMILES string of the molecule is CCNC(=NCC1CCN(CCOC)CC1)NCCc1ncc(CC)s1. The Balaban J connectivity index is 1.70. The van der Waals surface area contributed by atoms with Crippen LogP contribution in [0.3, 0.4) is 0 Å². The number of nitrogens with zero attached hydrogens (tertiary/aromatic N) is 3. The predicted molar refractivity (Wildman–Crippen MR) is 110 cm³/mol. The summed E-state index contributed by atoms with van der Waals surface area (Å²) in [6.45, 7) is 11.2. The molecule has 2 N–H and O–H groups in total. The Morgan fingerprint density at radius 2 is 2.15 bits per heavy atom. The normalized spacial score (nSPS) is 16.8. The predicted octanol–water partition coefficient (Wildman–Crippen LogP) is 2.16. The minimum atomic E-state index is 0.690. The van der Waals surface area contributed by atoms with Crippen molar-refractivity contribution in [2.75, 3.05) is 53.0 Å². The van der Waals surface area contributed by atoms with Gasteiger partial charge in [0.05, 0.1) is 11.6 Å². The van der Waals surface area contributed by atoms with Gasteiger partial charge in [0.2, 0.25) is 0 Å². The van der Waals surface area contributed by atoms with E-state index in [9.17, 15) is 0 Å². The first-order valence-electron chi connectivity index (χ1n) is 9.92. The molecule has 0 saturated carbocycles. The number of methoxy groups -OCH3 is 1. The van der Waals surface area contributed by atoms with Gasteiger partial charge < -0.3 is 20.3 Å². The van der Waals surface area contributed by atoms with E-state index in [0.717, 1.165) is 64.7 Å². The monoisotopic (exact) mass is 381 g/mol. The fourth-order valence-electron chi connectivity index (χ4n) is 3.09. The minimum absolute atomic E-state index is 0.690. The van der Waals surface area contributed by atoms with Gasteiger partial charge in [-0.05, 0) is 45.2 Å². The second kappa shape index (κ2) is 12.3. The van der Waals surface area contributed by atoms with Gasteiger partial charge in [0.1, 0.15) is 0 Å². The van der Waals surface area contributed by atoms with Gasteiger partial charge >= 0.3 is 0 Å². The molecule has 148 valence electrons. The van der Waals surface area contributed by atoms with Crippen LogP contribution in [-0.2, 0) is 17.6 Å². The van der Waals surface area contributed by atoms with E-state index in [4.69, 9.17) is 9.73 Å². The average Bonchev–Trinajstić information content (AvgIpc) is 3.13. The van der Waals surface area contributed by atoms with E-state index in [2.05, 4.69) is 34.4 Å². The molecule has 1 aliphatic rings. The number of hydrogen-bond donors (Lipinski definition) is 2. The summed E-state index contributed by atoms with van der Waals surface area (Å²) in [6, 6.07) is 0. The maximum absolute atomic E-state index is 5.17. The topological polar surface area (TPSA) is 61.8 Å². The number of guanidine groups is 1. The maximum atomic E-state index is 5.17. The molecule has 1 saturated heterocycles. The van der Waals surface area contributed by atoms with E-state index in [1.807, 2.05) is 17.5 Å². The molecule has 0 bridgehead atoms. The zero-order valence-corrected chi connectivity index (χ0v) is 17.4. The van der Waals surface area contributed by atoms with E-state index in [1.54, 1.807) is 7.11 Å². The Morgan fingerprint density at radius 3 is 2.81 bits per heavy atom. The fraction of sp³-hybridized carbons (Fsp3) is 0.789. The summed E-state index contributed by atoms with van der Waals surface area (Å²) in [4.78, 5) is 13.1. The number of aliphatic imine (C=N–C) groups is 1. The molecule has 1 aromatic rings. The van der Waals surface area contributed by atoms with Gasteiger partial charge in [0.25, 0.3) is 0 Å². The van der Waals surface area contributed by atoms with Crippen LogP contribution in [0.4, 0.5) is 0 Å². The molecule has 1 aliphatic heterocycles. The van der Waals surface area contributed by atoms with Crippen molar-refractivity contribution in [2.45, 2.75) is 39.5 Å². The largest absolute Gasteiger partial charge is 0.383 e. The molecule has 0 radical (unpaired) electrons. The van der Waals surface area contributed by atoms with Crippen LogP contribution in [-0.4, -0.2) is 68.8 Å². The molecule has 26 heavy (non-hydrogen) atoms. The van der Waals surface area contributed by atoms with Gasteiger partial charge in [-0.2, -0.15) is 0 Å². The summed E-state index contributed by atoms with van der Waals surface area (Å²) in [6.07, 6.45) is 6.47. The smallest absolute Gasteiger partial charge is 0.191 e. The number of piperidine rings is 1. The molecule has 0 aromatic carbocycles. The van der Waals surface area contributed by atoms with Crippen molar-refractivity contribution in [3.63, 3.8) is 0 Å². The highest BCUT2D eigenvalue weighted by molar-refractivity contribution is 7.11. The van der Waals surface area contributed by atoms with Crippen molar-refractivity contribution in [1.29, 1.82) is 0 Å². The highest BCUT2D eigenvalue weighted by atomic mass is 32.1. The number of rotatable bonds is 10. The number of ether oxygens (including phenoxy) is 1. The number of aromatic nitrogens is 1. The third-order valence-electron chi connectivity index (χ3n) is 4.75. The zero-order valence-electron chi connectivity index (χ0n) is 16.6. The average molecular weight is 382 g/mol. The highest BCUT2D eigenvalue weighted by Crippen LogP contribution is 2.17. The summed E-state index contributed by atoms with van der Waals surface area (Å²) in [5.41, 5.74) is 0. The van der Waals surface area contributed by atoms with Crippen LogP contribution in [0.5, 0.6) is 0 Å². The molecule has 0 atom stereocenters. The quantitative estimate of drug-likeness (QED) is 0.480. The Hall–Kier alpha value is -1.18. The van der Waals surface area contributed by atoms with Crippen LogP contribution in [0.15, 0.2) is 11.2 Å². The maximum Gasteiger partial charge on any atom is 0.191 e. The fourth-order valence-corrected chi connectivity index (χ4v) is 3.95. The molecule has 0 amide bonds. The summed E-state index contributed by atoms with van der Waals surface area (Å²) < 4.78 is 5.17. The van der Waals surface area contributed by atoms with Gasteiger partial charge in [-0.25, -0.2) is 4.98 Å². The molecular formula is C19H35N5OS. The molecule has 1 fully saturated rings. The number of thiazole rings is 1. The first-order valence-corrected chi connectivity index (χ1v) is 10.7. The lowest BCUT2D eigenvalue weighted by molar-refractivity contribution is 0.121. The van der Waals surface area contributed by atoms with Gasteiger partial charge in [0.15, 0.2) is 5.96 Å². The van der Waals surface area contributed by atoms with Gasteiger partial charge in [0, 0.05) is 50.8 Å². The third kappa shape index (κ3) is 7.60. The van der Waals surface area contributed by atoms with Gasteiger partial charge in [-0.1, -0.05) is 6.92 Å². The molecule has 2 heterocycles. The summed E-state index contributed by atoms with van der Waals surface area (Å²) in [5, 5.41) is 8.01. The summed E-state index contributed by atoms with van der Waals surface area (Å²) >= 11 is 1.81. The van der Waals surface area contributed by atoms with E-state index in [0.29, 0.717) is 5.92 Å². The van der Waals surface area contributed by atoms with Gasteiger partial charge in [-0.3, -0.25) is 4.99 Å². The molecular weight excluding hydrogens is 346 g/mol. The third-order valence-corrected chi connectivity index (χ3v) is 5.95. The molecule has 0 aliphatic carbocycles. The van der Waals surface area contributed by atoms with E-state index >= 15 is 0 Å². The number of hydrogen-bond acceptors (Lipinski definition) is 5. The Bertz CT molecular complexity index is 526. The van der Waals surface area contributed by atoms with Crippen molar-refractivity contribution in [2.24, 2.45) is 10.9 Å². The first-order chi connectivity index (χ1) is 12.7.